The number of nitrogens with one attached hydrogen (secondary N) is 1. The number of hydrazone groups is 1. The zero-order valence-electron chi connectivity index (χ0n) is 15.5. The van der Waals surface area contributed by atoms with Crippen molar-refractivity contribution in [3.63, 3.8) is 0 Å². The molecule has 0 bridgehead atoms. The van der Waals surface area contributed by atoms with Gasteiger partial charge in [-0.15, -0.1) is 11.3 Å². The van der Waals surface area contributed by atoms with Crippen LogP contribution >= 0.6 is 22.9 Å². The molecule has 0 atom stereocenters. The van der Waals surface area contributed by atoms with Gasteiger partial charge in [0, 0.05) is 10.4 Å². The molecule has 0 unspecified atom stereocenters. The predicted molar refractivity (Wildman–Crippen MR) is 112 cm³/mol. The third kappa shape index (κ3) is 4.32. The average molecular weight is 416 g/mol. The van der Waals surface area contributed by atoms with Gasteiger partial charge in [-0.2, -0.15) is 5.10 Å². The molecular weight excluding hydrogens is 398 g/mol. The number of methoxy groups -OCH3 is 2. The van der Waals surface area contributed by atoms with Crippen LogP contribution in [0.4, 0.5) is 0 Å². The van der Waals surface area contributed by atoms with Crippen molar-refractivity contribution in [2.45, 2.75) is 6.92 Å². The Kier molecular flexibility index (Phi) is 6.28. The molecule has 1 heterocycles. The van der Waals surface area contributed by atoms with E-state index in [1.54, 1.807) is 12.1 Å². The number of thiazole rings is 1. The first-order valence-corrected chi connectivity index (χ1v) is 9.50. The summed E-state index contributed by atoms with van der Waals surface area (Å²) in [5, 5.41) is 5.18. The van der Waals surface area contributed by atoms with Crippen LogP contribution in [-0.2, 0) is 0 Å². The standard InChI is InChI=1S/C20H18ClN3O3S/c1-12-17(23-20(28-12)14-7-5-4-6-8-14)19(25)24-22-11-13-9-15(21)18(27-3)16(10-13)26-2/h4-11H,1-3H3,(H,24,25)/b22-11-. The first-order chi connectivity index (χ1) is 13.5. The van der Waals surface area contributed by atoms with Crippen molar-refractivity contribution in [2.24, 2.45) is 5.10 Å². The van der Waals surface area contributed by atoms with E-state index in [0.717, 1.165) is 15.4 Å². The van der Waals surface area contributed by atoms with Gasteiger partial charge in [-0.05, 0) is 24.6 Å². The summed E-state index contributed by atoms with van der Waals surface area (Å²) in [6.07, 6.45) is 1.48. The molecule has 3 rings (SSSR count). The molecule has 8 heteroatoms. The lowest BCUT2D eigenvalue weighted by Crippen LogP contribution is -2.19. The van der Waals surface area contributed by atoms with Crippen molar-refractivity contribution in [1.82, 2.24) is 10.4 Å². The van der Waals surface area contributed by atoms with E-state index in [1.807, 2.05) is 37.3 Å². The Morgan fingerprint density at radius 1 is 1.21 bits per heavy atom. The van der Waals surface area contributed by atoms with Gasteiger partial charge in [-0.25, -0.2) is 10.4 Å². The number of amides is 1. The van der Waals surface area contributed by atoms with E-state index in [1.165, 1.54) is 31.8 Å². The van der Waals surface area contributed by atoms with Gasteiger partial charge in [0.25, 0.3) is 5.91 Å². The highest BCUT2D eigenvalue weighted by atomic mass is 35.5. The maximum Gasteiger partial charge on any atom is 0.291 e. The quantitative estimate of drug-likeness (QED) is 0.473. The number of nitrogens with zero attached hydrogens (tertiary/aromatic N) is 2. The lowest BCUT2D eigenvalue weighted by Gasteiger charge is -2.09. The number of carbonyl (C=O) groups is 1. The van der Waals surface area contributed by atoms with Crippen LogP contribution in [0.25, 0.3) is 10.6 Å². The summed E-state index contributed by atoms with van der Waals surface area (Å²) in [6.45, 7) is 1.86. The number of ether oxygens (including phenoxy) is 2. The smallest absolute Gasteiger partial charge is 0.291 e. The summed E-state index contributed by atoms with van der Waals surface area (Å²) in [5.41, 5.74) is 4.48. The largest absolute Gasteiger partial charge is 0.493 e. The van der Waals surface area contributed by atoms with Gasteiger partial charge in [0.1, 0.15) is 10.7 Å². The molecule has 0 aliphatic heterocycles. The van der Waals surface area contributed by atoms with Crippen LogP contribution in [0, 0.1) is 6.92 Å². The molecule has 0 aliphatic rings. The van der Waals surface area contributed by atoms with Crippen LogP contribution in [0.2, 0.25) is 5.02 Å². The lowest BCUT2D eigenvalue weighted by molar-refractivity contribution is 0.0950. The molecule has 0 saturated heterocycles. The first kappa shape index (κ1) is 19.9. The Hall–Kier alpha value is -2.90. The minimum Gasteiger partial charge on any atom is -0.493 e. The molecule has 0 radical (unpaired) electrons. The second-order valence-corrected chi connectivity index (χ2v) is 7.34. The van der Waals surface area contributed by atoms with Crippen LogP contribution in [0.1, 0.15) is 20.9 Å². The van der Waals surface area contributed by atoms with Gasteiger partial charge in [0.2, 0.25) is 0 Å². The number of hydrogen-bond donors (Lipinski definition) is 1. The predicted octanol–water partition coefficient (Wildman–Crippen LogP) is 4.55. The number of halogens is 1. The fourth-order valence-corrected chi connectivity index (χ4v) is 3.75. The lowest BCUT2D eigenvalue weighted by atomic mass is 10.2. The summed E-state index contributed by atoms with van der Waals surface area (Å²) in [7, 11) is 3.03. The SMILES string of the molecule is COc1cc(/C=N\NC(=O)c2nc(-c3ccccc3)sc2C)cc(Cl)c1OC. The zero-order chi connectivity index (χ0) is 20.1. The van der Waals surface area contributed by atoms with E-state index >= 15 is 0 Å². The molecule has 3 aromatic rings. The van der Waals surface area contributed by atoms with Crippen LogP contribution in [0.15, 0.2) is 47.6 Å². The van der Waals surface area contributed by atoms with Gasteiger partial charge < -0.3 is 9.47 Å². The van der Waals surface area contributed by atoms with Gasteiger partial charge in [0.15, 0.2) is 11.5 Å². The second kappa shape index (κ2) is 8.86. The minimum atomic E-state index is -0.376. The van der Waals surface area contributed by atoms with E-state index in [4.69, 9.17) is 21.1 Å². The van der Waals surface area contributed by atoms with Crippen LogP contribution < -0.4 is 14.9 Å². The summed E-state index contributed by atoms with van der Waals surface area (Å²) in [4.78, 5) is 17.7. The molecule has 28 heavy (non-hydrogen) atoms. The Labute approximate surface area is 171 Å². The van der Waals surface area contributed by atoms with Gasteiger partial charge in [0.05, 0.1) is 25.5 Å². The molecule has 1 N–H and O–H groups in total. The normalized spacial score (nSPS) is 10.9. The third-order valence-corrected chi connectivity index (χ3v) is 5.17. The highest BCUT2D eigenvalue weighted by Crippen LogP contribution is 2.35. The summed E-state index contributed by atoms with van der Waals surface area (Å²) < 4.78 is 10.4. The summed E-state index contributed by atoms with van der Waals surface area (Å²) in [5.74, 6) is 0.543. The van der Waals surface area contributed by atoms with Gasteiger partial charge in [-0.3, -0.25) is 4.79 Å². The molecule has 0 saturated carbocycles. The van der Waals surface area contributed by atoms with Crippen molar-refractivity contribution in [3.05, 3.63) is 63.6 Å². The van der Waals surface area contributed by atoms with E-state index in [-0.39, 0.29) is 5.91 Å². The Morgan fingerprint density at radius 3 is 2.64 bits per heavy atom. The van der Waals surface area contributed by atoms with Crippen LogP contribution in [0.3, 0.4) is 0 Å². The highest BCUT2D eigenvalue weighted by molar-refractivity contribution is 7.15. The third-order valence-electron chi connectivity index (χ3n) is 3.87. The first-order valence-electron chi connectivity index (χ1n) is 8.31. The van der Waals surface area contributed by atoms with Crippen LogP contribution in [0.5, 0.6) is 11.5 Å². The Morgan fingerprint density at radius 2 is 1.96 bits per heavy atom. The summed E-state index contributed by atoms with van der Waals surface area (Å²) >= 11 is 7.63. The molecule has 6 nitrogen and oxygen atoms in total. The maximum atomic E-state index is 12.4. The minimum absolute atomic E-state index is 0.353. The number of aromatic nitrogens is 1. The number of benzene rings is 2. The van der Waals surface area contributed by atoms with E-state index in [2.05, 4.69) is 15.5 Å². The number of hydrogen-bond acceptors (Lipinski definition) is 6. The van der Waals surface area contributed by atoms with Crippen molar-refractivity contribution in [2.75, 3.05) is 14.2 Å². The number of aryl methyl sites for hydroxylation is 1. The highest BCUT2D eigenvalue weighted by Gasteiger charge is 2.16. The molecule has 144 valence electrons. The maximum absolute atomic E-state index is 12.4. The zero-order valence-corrected chi connectivity index (χ0v) is 17.1. The molecule has 1 aromatic heterocycles. The van der Waals surface area contributed by atoms with E-state index in [0.29, 0.717) is 27.8 Å². The molecule has 1 amide bonds. The van der Waals surface area contributed by atoms with E-state index < -0.39 is 0 Å². The fraction of sp³-hybridized carbons (Fsp3) is 0.150. The van der Waals surface area contributed by atoms with Crippen LogP contribution in [-0.4, -0.2) is 31.3 Å². The summed E-state index contributed by atoms with van der Waals surface area (Å²) in [6, 6.07) is 13.1. The molecular formula is C20H18ClN3O3S. The van der Waals surface area contributed by atoms with Crippen molar-refractivity contribution < 1.29 is 14.3 Å². The van der Waals surface area contributed by atoms with Gasteiger partial charge in [-0.1, -0.05) is 41.9 Å². The van der Waals surface area contributed by atoms with Gasteiger partial charge >= 0.3 is 0 Å². The monoisotopic (exact) mass is 415 g/mol. The number of rotatable bonds is 6. The van der Waals surface area contributed by atoms with Crippen molar-refractivity contribution in [1.29, 1.82) is 0 Å². The molecule has 0 aliphatic carbocycles. The Bertz CT molecular complexity index is 1020. The van der Waals surface area contributed by atoms with Crippen molar-refractivity contribution >= 4 is 35.1 Å². The average Bonchev–Trinajstić information content (AvgIpc) is 3.10. The van der Waals surface area contributed by atoms with Crippen molar-refractivity contribution in [3.8, 4) is 22.1 Å². The number of carbonyl (C=O) groups excluding carboxylic acids is 1. The molecule has 0 spiro atoms. The molecule has 2 aromatic carbocycles. The van der Waals surface area contributed by atoms with E-state index in [9.17, 15) is 4.79 Å². The molecule has 0 fully saturated rings. The fourth-order valence-electron chi connectivity index (χ4n) is 2.54. The Balaban J connectivity index is 1.74. The topological polar surface area (TPSA) is 72.8 Å². The second-order valence-electron chi connectivity index (χ2n) is 5.73.